The minimum atomic E-state index is 0.670. The molecule has 0 bridgehead atoms. The van der Waals surface area contributed by atoms with Crippen LogP contribution in [-0.4, -0.2) is 0 Å². The summed E-state index contributed by atoms with van der Waals surface area (Å²) in [5.41, 5.74) is 5.54. The Morgan fingerprint density at radius 1 is 0.909 bits per heavy atom. The number of hydrogen-bond donors (Lipinski definition) is 0. The summed E-state index contributed by atoms with van der Waals surface area (Å²) in [4.78, 5) is 0. The van der Waals surface area contributed by atoms with Gasteiger partial charge in [0, 0.05) is 16.3 Å². The van der Waals surface area contributed by atoms with Crippen LogP contribution in [0.1, 0.15) is 11.1 Å². The van der Waals surface area contributed by atoms with Gasteiger partial charge >= 0.3 is 0 Å². The summed E-state index contributed by atoms with van der Waals surface area (Å²) in [6, 6.07) is 22.3. The summed E-state index contributed by atoms with van der Waals surface area (Å²) < 4.78 is 6.07. The van der Waals surface area contributed by atoms with E-state index in [0.717, 1.165) is 38.6 Å². The summed E-state index contributed by atoms with van der Waals surface area (Å²) in [6.07, 6.45) is 0. The van der Waals surface area contributed by atoms with Gasteiger partial charge in [-0.05, 0) is 36.2 Å². The van der Waals surface area contributed by atoms with E-state index >= 15 is 0 Å². The van der Waals surface area contributed by atoms with E-state index in [4.69, 9.17) is 4.42 Å². The van der Waals surface area contributed by atoms with Crippen LogP contribution in [0, 0.1) is 18.3 Å². The van der Waals surface area contributed by atoms with Gasteiger partial charge in [-0.2, -0.15) is 5.26 Å². The predicted octanol–water partition coefficient (Wildman–Crippen LogP) is 5.43. The van der Waals surface area contributed by atoms with Crippen LogP contribution in [0.3, 0.4) is 0 Å². The quantitative estimate of drug-likeness (QED) is 0.467. The maximum absolute atomic E-state index is 9.19. The van der Waals surface area contributed by atoms with Gasteiger partial charge in [-0.25, -0.2) is 0 Å². The number of para-hydroxylation sites is 2. The summed E-state index contributed by atoms with van der Waals surface area (Å²) in [5.74, 6) is 0. The van der Waals surface area contributed by atoms with Gasteiger partial charge in [-0.3, -0.25) is 0 Å². The number of hydrogen-bond acceptors (Lipinski definition) is 2. The second kappa shape index (κ2) is 4.75. The number of aryl methyl sites for hydroxylation is 1. The Balaban J connectivity index is 2.07. The molecule has 0 aliphatic heterocycles. The lowest BCUT2D eigenvalue weighted by Gasteiger charge is -2.05. The summed E-state index contributed by atoms with van der Waals surface area (Å²) >= 11 is 0. The molecule has 4 rings (SSSR count). The average Bonchev–Trinajstić information content (AvgIpc) is 2.92. The van der Waals surface area contributed by atoms with Gasteiger partial charge in [0.25, 0.3) is 0 Å². The molecule has 0 spiro atoms. The van der Waals surface area contributed by atoms with E-state index in [1.54, 1.807) is 0 Å². The fourth-order valence-corrected chi connectivity index (χ4v) is 2.98. The Labute approximate surface area is 128 Å². The lowest BCUT2D eigenvalue weighted by molar-refractivity contribution is 0.670. The van der Waals surface area contributed by atoms with Crippen LogP contribution in [0.4, 0.5) is 0 Å². The highest BCUT2D eigenvalue weighted by molar-refractivity contribution is 6.09. The minimum absolute atomic E-state index is 0.670. The molecule has 0 unspecified atom stereocenters. The first-order valence-electron chi connectivity index (χ1n) is 7.19. The normalized spacial score (nSPS) is 10.9. The van der Waals surface area contributed by atoms with Crippen molar-refractivity contribution in [2.24, 2.45) is 0 Å². The first-order valence-corrected chi connectivity index (χ1v) is 7.19. The van der Waals surface area contributed by atoms with Crippen LogP contribution in [-0.2, 0) is 0 Å². The van der Waals surface area contributed by atoms with Gasteiger partial charge in [0.1, 0.15) is 11.2 Å². The van der Waals surface area contributed by atoms with Crippen molar-refractivity contribution in [2.45, 2.75) is 6.92 Å². The molecule has 104 valence electrons. The minimum Gasteiger partial charge on any atom is -0.455 e. The molecular formula is C20H13NO. The van der Waals surface area contributed by atoms with Gasteiger partial charge in [-0.1, -0.05) is 42.5 Å². The Kier molecular flexibility index (Phi) is 2.74. The zero-order chi connectivity index (χ0) is 15.1. The fourth-order valence-electron chi connectivity index (χ4n) is 2.98. The summed E-state index contributed by atoms with van der Waals surface area (Å²) in [5, 5.41) is 11.4. The molecule has 0 atom stereocenters. The molecule has 2 heteroatoms. The number of benzene rings is 3. The summed E-state index contributed by atoms with van der Waals surface area (Å²) in [7, 11) is 0. The van der Waals surface area contributed by atoms with Crippen molar-refractivity contribution in [3.05, 3.63) is 71.8 Å². The number of furan rings is 1. The SMILES string of the molecule is Cc1cc(C#N)cc(-c2cccc3c2oc2ccccc23)c1. The van der Waals surface area contributed by atoms with Crippen LogP contribution in [0.15, 0.2) is 65.1 Å². The number of fused-ring (bicyclic) bond motifs is 3. The van der Waals surface area contributed by atoms with Crippen molar-refractivity contribution in [1.82, 2.24) is 0 Å². The molecule has 4 aromatic rings. The zero-order valence-corrected chi connectivity index (χ0v) is 12.1. The Bertz CT molecular complexity index is 1050. The van der Waals surface area contributed by atoms with Gasteiger partial charge in [-0.15, -0.1) is 0 Å². The van der Waals surface area contributed by atoms with E-state index < -0.39 is 0 Å². The van der Waals surface area contributed by atoms with Crippen molar-refractivity contribution in [3.8, 4) is 17.2 Å². The molecule has 0 amide bonds. The number of rotatable bonds is 1. The van der Waals surface area contributed by atoms with E-state index in [-0.39, 0.29) is 0 Å². The third kappa shape index (κ3) is 1.88. The van der Waals surface area contributed by atoms with Crippen LogP contribution in [0.25, 0.3) is 33.1 Å². The smallest absolute Gasteiger partial charge is 0.143 e. The molecule has 0 fully saturated rings. The molecule has 1 aromatic heterocycles. The molecule has 0 N–H and O–H groups in total. The second-order valence-electron chi connectivity index (χ2n) is 5.48. The zero-order valence-electron chi connectivity index (χ0n) is 12.1. The molecule has 0 aliphatic carbocycles. The maximum atomic E-state index is 9.19. The lowest BCUT2D eigenvalue weighted by atomic mass is 9.99. The van der Waals surface area contributed by atoms with Gasteiger partial charge < -0.3 is 4.42 Å². The van der Waals surface area contributed by atoms with Crippen molar-refractivity contribution in [1.29, 1.82) is 5.26 Å². The van der Waals surface area contributed by atoms with Gasteiger partial charge in [0.15, 0.2) is 0 Å². The first kappa shape index (κ1) is 12.7. The van der Waals surface area contributed by atoms with Crippen molar-refractivity contribution in [3.63, 3.8) is 0 Å². The number of nitrogens with zero attached hydrogens (tertiary/aromatic N) is 1. The Morgan fingerprint density at radius 2 is 1.73 bits per heavy atom. The standard InChI is InChI=1S/C20H13NO/c1-13-9-14(12-21)11-15(10-13)16-6-4-7-18-17-5-2-3-8-19(17)22-20(16)18/h2-11H,1H3. The third-order valence-electron chi connectivity index (χ3n) is 3.92. The maximum Gasteiger partial charge on any atom is 0.143 e. The second-order valence-corrected chi connectivity index (χ2v) is 5.48. The van der Waals surface area contributed by atoms with E-state index in [9.17, 15) is 5.26 Å². The molecule has 0 aliphatic rings. The molecule has 0 saturated carbocycles. The number of nitriles is 1. The van der Waals surface area contributed by atoms with Crippen molar-refractivity contribution < 1.29 is 4.42 Å². The molecule has 0 radical (unpaired) electrons. The highest BCUT2D eigenvalue weighted by Gasteiger charge is 2.12. The van der Waals surface area contributed by atoms with Crippen LogP contribution >= 0.6 is 0 Å². The predicted molar refractivity (Wildman–Crippen MR) is 88.6 cm³/mol. The van der Waals surface area contributed by atoms with Gasteiger partial charge in [0.2, 0.25) is 0 Å². The largest absolute Gasteiger partial charge is 0.455 e. The lowest BCUT2D eigenvalue weighted by Crippen LogP contribution is -1.84. The summed E-state index contributed by atoms with van der Waals surface area (Å²) in [6.45, 7) is 2.00. The van der Waals surface area contributed by atoms with E-state index in [0.29, 0.717) is 5.56 Å². The molecule has 1 heterocycles. The molecule has 0 saturated heterocycles. The highest BCUT2D eigenvalue weighted by Crippen LogP contribution is 2.36. The van der Waals surface area contributed by atoms with Crippen LogP contribution in [0.2, 0.25) is 0 Å². The van der Waals surface area contributed by atoms with E-state index in [1.807, 2.05) is 49.4 Å². The van der Waals surface area contributed by atoms with Crippen molar-refractivity contribution in [2.75, 3.05) is 0 Å². The van der Waals surface area contributed by atoms with E-state index in [2.05, 4.69) is 24.3 Å². The Morgan fingerprint density at radius 3 is 2.59 bits per heavy atom. The van der Waals surface area contributed by atoms with Crippen LogP contribution in [0.5, 0.6) is 0 Å². The van der Waals surface area contributed by atoms with Crippen molar-refractivity contribution >= 4 is 21.9 Å². The molecule has 22 heavy (non-hydrogen) atoms. The fraction of sp³-hybridized carbons (Fsp3) is 0.0500. The molecular weight excluding hydrogens is 270 g/mol. The molecule has 2 nitrogen and oxygen atoms in total. The monoisotopic (exact) mass is 283 g/mol. The topological polar surface area (TPSA) is 36.9 Å². The first-order chi connectivity index (χ1) is 10.8. The van der Waals surface area contributed by atoms with Crippen LogP contribution < -0.4 is 0 Å². The Hall–Kier alpha value is -3.05. The van der Waals surface area contributed by atoms with Gasteiger partial charge in [0.05, 0.1) is 11.6 Å². The molecule has 3 aromatic carbocycles. The third-order valence-corrected chi connectivity index (χ3v) is 3.92. The average molecular weight is 283 g/mol. The highest BCUT2D eigenvalue weighted by atomic mass is 16.3. The van der Waals surface area contributed by atoms with E-state index in [1.165, 1.54) is 0 Å².